The Hall–Kier alpha value is -1.40. The third-order valence-corrected chi connectivity index (χ3v) is 6.54. The zero-order valence-electron chi connectivity index (χ0n) is 14.6. The van der Waals surface area contributed by atoms with E-state index < -0.39 is 10.0 Å². The molecule has 5 nitrogen and oxygen atoms in total. The van der Waals surface area contributed by atoms with E-state index in [2.05, 4.69) is 0 Å². The van der Waals surface area contributed by atoms with Crippen LogP contribution >= 0.6 is 0 Å². The van der Waals surface area contributed by atoms with Gasteiger partial charge in [0.15, 0.2) is 0 Å². The second kappa shape index (κ2) is 8.62. The molecular weight excluding hydrogens is 324 g/mol. The standard InChI is InChI=1S/C18H28N2O3S/c1-3-17(4-2)18(21)19-11-8-12-20(14-13-19)24(22,23)15-16-9-6-5-7-10-16/h5-7,9-10,17H,3-4,8,11-15H2,1-2H3. The fourth-order valence-electron chi connectivity index (χ4n) is 3.16. The van der Waals surface area contributed by atoms with E-state index in [0.717, 1.165) is 18.4 Å². The summed E-state index contributed by atoms with van der Waals surface area (Å²) in [6.07, 6.45) is 2.36. The van der Waals surface area contributed by atoms with E-state index in [9.17, 15) is 13.2 Å². The molecule has 0 aliphatic carbocycles. The topological polar surface area (TPSA) is 57.7 Å². The molecule has 1 aliphatic heterocycles. The summed E-state index contributed by atoms with van der Waals surface area (Å²) in [4.78, 5) is 14.4. The summed E-state index contributed by atoms with van der Waals surface area (Å²) in [5.41, 5.74) is 0.798. The van der Waals surface area contributed by atoms with E-state index in [4.69, 9.17) is 0 Å². The van der Waals surface area contributed by atoms with E-state index in [1.165, 1.54) is 0 Å². The van der Waals surface area contributed by atoms with Crippen molar-refractivity contribution in [1.82, 2.24) is 9.21 Å². The van der Waals surface area contributed by atoms with Gasteiger partial charge < -0.3 is 4.90 Å². The van der Waals surface area contributed by atoms with Crippen molar-refractivity contribution in [1.29, 1.82) is 0 Å². The summed E-state index contributed by atoms with van der Waals surface area (Å²) in [6.45, 7) is 6.07. The van der Waals surface area contributed by atoms with Crippen molar-refractivity contribution in [3.05, 3.63) is 35.9 Å². The Morgan fingerprint density at radius 3 is 2.33 bits per heavy atom. The third kappa shape index (κ3) is 4.80. The number of nitrogens with zero attached hydrogens (tertiary/aromatic N) is 2. The molecule has 0 spiro atoms. The van der Waals surface area contributed by atoms with Crippen molar-refractivity contribution in [2.24, 2.45) is 5.92 Å². The van der Waals surface area contributed by atoms with Crippen molar-refractivity contribution >= 4 is 15.9 Å². The number of sulfonamides is 1. The molecule has 2 rings (SSSR count). The van der Waals surface area contributed by atoms with Gasteiger partial charge in [-0.25, -0.2) is 8.42 Å². The van der Waals surface area contributed by atoms with E-state index in [1.54, 1.807) is 4.31 Å². The van der Waals surface area contributed by atoms with Crippen LogP contribution in [-0.4, -0.2) is 49.7 Å². The fraction of sp³-hybridized carbons (Fsp3) is 0.611. The van der Waals surface area contributed by atoms with Gasteiger partial charge in [-0.3, -0.25) is 4.79 Å². The lowest BCUT2D eigenvalue weighted by atomic mass is 10.0. The van der Waals surface area contributed by atoms with Gasteiger partial charge in [-0.05, 0) is 24.8 Å². The molecule has 0 atom stereocenters. The van der Waals surface area contributed by atoms with Gasteiger partial charge in [0, 0.05) is 32.1 Å². The first-order valence-electron chi connectivity index (χ1n) is 8.78. The van der Waals surface area contributed by atoms with Crippen LogP contribution < -0.4 is 0 Å². The maximum atomic E-state index is 12.7. The van der Waals surface area contributed by atoms with E-state index in [0.29, 0.717) is 32.6 Å². The van der Waals surface area contributed by atoms with Crippen molar-refractivity contribution in [2.45, 2.75) is 38.9 Å². The minimum atomic E-state index is -3.34. The molecular formula is C18H28N2O3S. The van der Waals surface area contributed by atoms with Crippen LogP contribution in [0.1, 0.15) is 38.7 Å². The zero-order chi connectivity index (χ0) is 17.6. The van der Waals surface area contributed by atoms with Crippen LogP contribution in [0, 0.1) is 5.92 Å². The minimum Gasteiger partial charge on any atom is -0.341 e. The highest BCUT2D eigenvalue weighted by molar-refractivity contribution is 7.88. The summed E-state index contributed by atoms with van der Waals surface area (Å²) in [5, 5.41) is 0. The first kappa shape index (κ1) is 18.9. The highest BCUT2D eigenvalue weighted by Gasteiger charge is 2.28. The summed E-state index contributed by atoms with van der Waals surface area (Å²) in [6, 6.07) is 9.24. The van der Waals surface area contributed by atoms with Crippen molar-refractivity contribution in [3.63, 3.8) is 0 Å². The van der Waals surface area contributed by atoms with Crippen molar-refractivity contribution in [2.75, 3.05) is 26.2 Å². The Bertz CT molecular complexity index is 627. The lowest BCUT2D eigenvalue weighted by molar-refractivity contribution is -0.135. The van der Waals surface area contributed by atoms with Crippen molar-refractivity contribution < 1.29 is 13.2 Å². The lowest BCUT2D eigenvalue weighted by Gasteiger charge is -2.25. The molecule has 6 heteroatoms. The molecule has 1 saturated heterocycles. The van der Waals surface area contributed by atoms with Gasteiger partial charge in [-0.1, -0.05) is 44.2 Å². The molecule has 1 heterocycles. The quantitative estimate of drug-likeness (QED) is 0.790. The molecule has 0 saturated carbocycles. The van der Waals surface area contributed by atoms with Crippen LogP contribution in [0.2, 0.25) is 0 Å². The van der Waals surface area contributed by atoms with Gasteiger partial charge in [0.05, 0.1) is 5.75 Å². The number of benzene rings is 1. The summed E-state index contributed by atoms with van der Waals surface area (Å²) < 4.78 is 26.8. The maximum absolute atomic E-state index is 12.7. The van der Waals surface area contributed by atoms with Crippen LogP contribution in [0.15, 0.2) is 30.3 Å². The molecule has 1 fully saturated rings. The zero-order valence-corrected chi connectivity index (χ0v) is 15.5. The van der Waals surface area contributed by atoms with E-state index in [1.807, 2.05) is 49.1 Å². The Kier molecular flexibility index (Phi) is 6.80. The Labute approximate surface area is 145 Å². The number of hydrogen-bond acceptors (Lipinski definition) is 3. The van der Waals surface area contributed by atoms with Crippen LogP contribution in [0.25, 0.3) is 0 Å². The monoisotopic (exact) mass is 352 g/mol. The molecule has 0 bridgehead atoms. The number of amides is 1. The number of hydrogen-bond donors (Lipinski definition) is 0. The molecule has 134 valence electrons. The first-order chi connectivity index (χ1) is 11.5. The average molecular weight is 353 g/mol. The Balaban J connectivity index is 2.00. The molecule has 0 N–H and O–H groups in total. The molecule has 1 aromatic rings. The van der Waals surface area contributed by atoms with Crippen molar-refractivity contribution in [3.8, 4) is 0 Å². The second-order valence-corrected chi connectivity index (χ2v) is 8.30. The molecule has 1 aliphatic rings. The van der Waals surface area contributed by atoms with Gasteiger partial charge in [-0.15, -0.1) is 0 Å². The smallest absolute Gasteiger partial charge is 0.225 e. The first-order valence-corrected chi connectivity index (χ1v) is 10.4. The molecule has 24 heavy (non-hydrogen) atoms. The Morgan fingerprint density at radius 1 is 1.04 bits per heavy atom. The largest absolute Gasteiger partial charge is 0.341 e. The van der Waals surface area contributed by atoms with Crippen LogP contribution in [0.3, 0.4) is 0 Å². The number of carbonyl (C=O) groups excluding carboxylic acids is 1. The molecule has 0 unspecified atom stereocenters. The lowest BCUT2D eigenvalue weighted by Crippen LogP contribution is -2.40. The summed E-state index contributed by atoms with van der Waals surface area (Å²) in [7, 11) is -3.34. The minimum absolute atomic E-state index is 0.0222. The summed E-state index contributed by atoms with van der Waals surface area (Å²) >= 11 is 0. The fourth-order valence-corrected chi connectivity index (χ4v) is 4.73. The van der Waals surface area contributed by atoms with E-state index in [-0.39, 0.29) is 17.6 Å². The molecule has 0 aromatic heterocycles. The van der Waals surface area contributed by atoms with Crippen LogP contribution in [0.5, 0.6) is 0 Å². The molecule has 1 amide bonds. The second-order valence-electron chi connectivity index (χ2n) is 6.33. The van der Waals surface area contributed by atoms with Crippen LogP contribution in [-0.2, 0) is 20.6 Å². The SMILES string of the molecule is CCC(CC)C(=O)N1CCCN(S(=O)(=O)Cc2ccccc2)CC1. The highest BCUT2D eigenvalue weighted by atomic mass is 32.2. The molecule has 0 radical (unpaired) electrons. The predicted molar refractivity (Wildman–Crippen MR) is 95.9 cm³/mol. The van der Waals surface area contributed by atoms with E-state index >= 15 is 0 Å². The average Bonchev–Trinajstić information content (AvgIpc) is 2.83. The number of carbonyl (C=O) groups is 1. The van der Waals surface area contributed by atoms with Crippen LogP contribution in [0.4, 0.5) is 0 Å². The highest BCUT2D eigenvalue weighted by Crippen LogP contribution is 2.17. The summed E-state index contributed by atoms with van der Waals surface area (Å²) in [5.74, 6) is 0.244. The van der Waals surface area contributed by atoms with Gasteiger partial charge in [-0.2, -0.15) is 4.31 Å². The predicted octanol–water partition coefficient (Wildman–Crippen LogP) is 2.49. The van der Waals surface area contributed by atoms with Gasteiger partial charge in [0.2, 0.25) is 15.9 Å². The number of rotatable bonds is 6. The van der Waals surface area contributed by atoms with Gasteiger partial charge in [0.1, 0.15) is 0 Å². The Morgan fingerprint density at radius 2 is 1.71 bits per heavy atom. The normalized spacial score (nSPS) is 17.0. The maximum Gasteiger partial charge on any atom is 0.225 e. The van der Waals surface area contributed by atoms with Gasteiger partial charge >= 0.3 is 0 Å². The van der Waals surface area contributed by atoms with Gasteiger partial charge in [0.25, 0.3) is 0 Å². The third-order valence-electron chi connectivity index (χ3n) is 4.69. The molecule has 1 aromatic carbocycles.